The molecule has 1 aliphatic heterocycles. The van der Waals surface area contributed by atoms with Gasteiger partial charge in [0.15, 0.2) is 11.8 Å². The lowest BCUT2D eigenvalue weighted by molar-refractivity contribution is 0.172. The second-order valence-electron chi connectivity index (χ2n) is 7.58. The second kappa shape index (κ2) is 10.6. The first-order valence-electron chi connectivity index (χ1n) is 10.4. The van der Waals surface area contributed by atoms with Crippen molar-refractivity contribution in [3.63, 3.8) is 0 Å². The number of benzene rings is 1. The molecule has 1 aromatic carbocycles. The Balaban J connectivity index is 1.50. The standard InChI is InChI=1S/C21H31ClN6O/c1-4-23-21(24-10-9-19-25-20(16(2)3)26-29-19)28-13-11-27(12-14-28)15-17-5-7-18(22)8-6-17/h5-8,16H,4,9-15H2,1-3H3,(H,23,24). The summed E-state index contributed by atoms with van der Waals surface area (Å²) in [7, 11) is 0. The van der Waals surface area contributed by atoms with Crippen molar-refractivity contribution in [1.82, 2.24) is 25.3 Å². The van der Waals surface area contributed by atoms with E-state index in [4.69, 9.17) is 21.1 Å². The van der Waals surface area contributed by atoms with E-state index in [0.29, 0.717) is 18.9 Å². The number of guanidine groups is 1. The van der Waals surface area contributed by atoms with Crippen LogP contribution in [0.25, 0.3) is 0 Å². The lowest BCUT2D eigenvalue weighted by Crippen LogP contribution is -2.52. The van der Waals surface area contributed by atoms with E-state index in [2.05, 4.69) is 58.2 Å². The number of halogens is 1. The quantitative estimate of drug-likeness (QED) is 0.550. The molecule has 1 N–H and O–H groups in total. The van der Waals surface area contributed by atoms with Gasteiger partial charge >= 0.3 is 0 Å². The van der Waals surface area contributed by atoms with Crippen LogP contribution in [0, 0.1) is 0 Å². The fourth-order valence-electron chi connectivity index (χ4n) is 3.25. The van der Waals surface area contributed by atoms with Crippen molar-refractivity contribution in [1.29, 1.82) is 0 Å². The Bertz CT molecular complexity index is 781. The van der Waals surface area contributed by atoms with Gasteiger partial charge < -0.3 is 14.7 Å². The van der Waals surface area contributed by atoms with Crippen LogP contribution in [0.3, 0.4) is 0 Å². The summed E-state index contributed by atoms with van der Waals surface area (Å²) in [4.78, 5) is 14.0. The molecule has 0 saturated carbocycles. The van der Waals surface area contributed by atoms with Crippen molar-refractivity contribution in [2.24, 2.45) is 4.99 Å². The van der Waals surface area contributed by atoms with Gasteiger partial charge in [-0.25, -0.2) is 0 Å². The molecule has 0 radical (unpaired) electrons. The zero-order valence-electron chi connectivity index (χ0n) is 17.6. The molecule has 1 aliphatic rings. The van der Waals surface area contributed by atoms with Crippen LogP contribution in [0.1, 0.15) is 44.0 Å². The molecule has 7 nitrogen and oxygen atoms in total. The van der Waals surface area contributed by atoms with Crippen molar-refractivity contribution in [3.05, 3.63) is 46.6 Å². The molecule has 1 fully saturated rings. The lowest BCUT2D eigenvalue weighted by atomic mass is 10.2. The molecule has 2 aromatic rings. The van der Waals surface area contributed by atoms with Gasteiger partial charge in [0.05, 0.1) is 6.54 Å². The van der Waals surface area contributed by atoms with Crippen LogP contribution >= 0.6 is 11.6 Å². The third-order valence-corrected chi connectivity index (χ3v) is 5.17. The lowest BCUT2D eigenvalue weighted by Gasteiger charge is -2.36. The highest BCUT2D eigenvalue weighted by Crippen LogP contribution is 2.13. The van der Waals surface area contributed by atoms with Gasteiger partial charge in [0, 0.05) is 56.6 Å². The van der Waals surface area contributed by atoms with Gasteiger partial charge in [0.2, 0.25) is 5.89 Å². The Kier molecular flexibility index (Phi) is 7.89. The van der Waals surface area contributed by atoms with E-state index in [1.807, 2.05) is 12.1 Å². The first-order valence-corrected chi connectivity index (χ1v) is 10.8. The second-order valence-corrected chi connectivity index (χ2v) is 8.01. The van der Waals surface area contributed by atoms with Crippen molar-refractivity contribution >= 4 is 17.6 Å². The molecule has 2 heterocycles. The molecular formula is C21H31ClN6O. The number of nitrogens with one attached hydrogen (secondary N) is 1. The van der Waals surface area contributed by atoms with Crippen molar-refractivity contribution in [3.8, 4) is 0 Å². The van der Waals surface area contributed by atoms with Crippen molar-refractivity contribution < 1.29 is 4.52 Å². The predicted molar refractivity (Wildman–Crippen MR) is 116 cm³/mol. The van der Waals surface area contributed by atoms with Crippen LogP contribution in [0.5, 0.6) is 0 Å². The highest BCUT2D eigenvalue weighted by Gasteiger charge is 2.19. The molecule has 1 saturated heterocycles. The van der Waals surface area contributed by atoms with Crippen molar-refractivity contribution in [2.75, 3.05) is 39.3 Å². The van der Waals surface area contributed by atoms with Crippen molar-refractivity contribution in [2.45, 2.75) is 39.7 Å². The maximum Gasteiger partial charge on any atom is 0.228 e. The van der Waals surface area contributed by atoms with E-state index in [-0.39, 0.29) is 5.92 Å². The molecule has 1 aromatic heterocycles. The average Bonchev–Trinajstić information content (AvgIpc) is 3.19. The molecule has 3 rings (SSSR count). The highest BCUT2D eigenvalue weighted by atomic mass is 35.5. The molecule has 0 unspecified atom stereocenters. The van der Waals surface area contributed by atoms with E-state index in [9.17, 15) is 0 Å². The minimum atomic E-state index is 0.275. The summed E-state index contributed by atoms with van der Waals surface area (Å²) in [5.74, 6) is 2.65. The molecule has 0 amide bonds. The van der Waals surface area contributed by atoms with Gasteiger partial charge in [-0.2, -0.15) is 4.98 Å². The molecule has 0 aliphatic carbocycles. The number of rotatable bonds is 7. The number of hydrogen-bond acceptors (Lipinski definition) is 5. The number of nitrogens with zero attached hydrogens (tertiary/aromatic N) is 5. The summed E-state index contributed by atoms with van der Waals surface area (Å²) >= 11 is 5.98. The Hall–Kier alpha value is -2.12. The number of aliphatic imine (C=N–C) groups is 1. The predicted octanol–water partition coefficient (Wildman–Crippen LogP) is 3.17. The number of piperazine rings is 1. The van der Waals surface area contributed by atoms with E-state index >= 15 is 0 Å². The van der Waals surface area contributed by atoms with E-state index in [0.717, 1.165) is 56.1 Å². The largest absolute Gasteiger partial charge is 0.357 e. The third kappa shape index (κ3) is 6.44. The van der Waals surface area contributed by atoms with Crippen LogP contribution in [0.2, 0.25) is 5.02 Å². The summed E-state index contributed by atoms with van der Waals surface area (Å²) in [6.07, 6.45) is 0.658. The summed E-state index contributed by atoms with van der Waals surface area (Å²) in [5, 5.41) is 8.21. The van der Waals surface area contributed by atoms with Gasteiger partial charge in [-0.15, -0.1) is 0 Å². The first kappa shape index (κ1) is 21.6. The van der Waals surface area contributed by atoms with Crippen LogP contribution < -0.4 is 5.32 Å². The van der Waals surface area contributed by atoms with Gasteiger partial charge in [0.1, 0.15) is 0 Å². The van der Waals surface area contributed by atoms with Gasteiger partial charge in [-0.1, -0.05) is 42.7 Å². The maximum atomic E-state index is 5.98. The smallest absolute Gasteiger partial charge is 0.228 e. The monoisotopic (exact) mass is 418 g/mol. The zero-order chi connectivity index (χ0) is 20.6. The number of aromatic nitrogens is 2. The summed E-state index contributed by atoms with van der Waals surface area (Å²) in [6.45, 7) is 12.6. The van der Waals surface area contributed by atoms with Gasteiger partial charge in [0.25, 0.3) is 0 Å². The summed E-state index contributed by atoms with van der Waals surface area (Å²) in [5.41, 5.74) is 1.30. The molecule has 29 heavy (non-hydrogen) atoms. The minimum Gasteiger partial charge on any atom is -0.357 e. The summed E-state index contributed by atoms with van der Waals surface area (Å²) in [6, 6.07) is 8.11. The van der Waals surface area contributed by atoms with Gasteiger partial charge in [-0.05, 0) is 24.6 Å². The fraction of sp³-hybridized carbons (Fsp3) is 0.571. The van der Waals surface area contributed by atoms with E-state index in [1.165, 1.54) is 5.56 Å². The molecule has 8 heteroatoms. The third-order valence-electron chi connectivity index (χ3n) is 4.91. The number of hydrogen-bond donors (Lipinski definition) is 1. The van der Waals surface area contributed by atoms with Crippen LogP contribution in [-0.4, -0.2) is 65.2 Å². The Morgan fingerprint density at radius 2 is 1.93 bits per heavy atom. The molecule has 0 bridgehead atoms. The van der Waals surface area contributed by atoms with Crippen LogP contribution in [-0.2, 0) is 13.0 Å². The maximum absolute atomic E-state index is 5.98. The zero-order valence-corrected chi connectivity index (χ0v) is 18.3. The first-order chi connectivity index (χ1) is 14.0. The SMILES string of the molecule is CCNC(=NCCc1nc(C(C)C)no1)N1CCN(Cc2ccc(Cl)cc2)CC1. The van der Waals surface area contributed by atoms with E-state index < -0.39 is 0 Å². The molecular weight excluding hydrogens is 388 g/mol. The highest BCUT2D eigenvalue weighted by molar-refractivity contribution is 6.30. The normalized spacial score (nSPS) is 15.9. The Labute approximate surface area is 178 Å². The molecule has 0 spiro atoms. The fourth-order valence-corrected chi connectivity index (χ4v) is 3.38. The Morgan fingerprint density at radius 1 is 1.21 bits per heavy atom. The van der Waals surface area contributed by atoms with Crippen LogP contribution in [0.4, 0.5) is 0 Å². The van der Waals surface area contributed by atoms with Crippen LogP contribution in [0.15, 0.2) is 33.8 Å². The topological polar surface area (TPSA) is 69.8 Å². The molecule has 158 valence electrons. The summed E-state index contributed by atoms with van der Waals surface area (Å²) < 4.78 is 5.31. The molecule has 0 atom stereocenters. The average molecular weight is 419 g/mol. The van der Waals surface area contributed by atoms with Gasteiger partial charge in [-0.3, -0.25) is 9.89 Å². The Morgan fingerprint density at radius 3 is 2.55 bits per heavy atom. The van der Waals surface area contributed by atoms with E-state index in [1.54, 1.807) is 0 Å². The minimum absolute atomic E-state index is 0.275.